The molecule has 0 radical (unpaired) electrons. The van der Waals surface area contributed by atoms with Crippen LogP contribution in [-0.2, 0) is 4.79 Å². The first kappa shape index (κ1) is 16.0. The first-order chi connectivity index (χ1) is 10.5. The molecule has 0 aliphatic rings. The molecule has 1 amide bonds. The van der Waals surface area contributed by atoms with Crippen LogP contribution in [0.4, 0.5) is 14.5 Å². The maximum atomic E-state index is 12.0. The van der Waals surface area contributed by atoms with Crippen molar-refractivity contribution in [2.75, 3.05) is 11.9 Å². The number of carbonyl (C=O) groups is 1. The topological polar surface area (TPSA) is 47.6 Å². The Balaban J connectivity index is 1.84. The zero-order chi connectivity index (χ0) is 15.9. The van der Waals surface area contributed by atoms with Crippen LogP contribution in [-0.4, -0.2) is 19.1 Å². The lowest BCUT2D eigenvalue weighted by Crippen LogP contribution is -2.20. The molecule has 0 saturated heterocycles. The smallest absolute Gasteiger partial charge is 0.387 e. The number of hydrogen-bond donors (Lipinski definition) is 1. The number of rotatable bonds is 6. The summed E-state index contributed by atoms with van der Waals surface area (Å²) in [6, 6.07) is 12.2. The summed E-state index contributed by atoms with van der Waals surface area (Å²) in [6.07, 6.45) is 0. The molecular weight excluding hydrogens is 316 g/mol. The standard InChI is InChI=1S/C15H12ClF2NO3/c16-10-2-1-3-13(8-10)21-9-14(20)19-11-4-6-12(7-5-11)22-15(17)18/h1-8,15H,9H2,(H,19,20). The fraction of sp³-hybridized carbons (Fsp3) is 0.133. The van der Waals surface area contributed by atoms with E-state index < -0.39 is 6.61 Å². The van der Waals surface area contributed by atoms with Crippen molar-refractivity contribution in [1.82, 2.24) is 0 Å². The molecule has 0 spiro atoms. The van der Waals surface area contributed by atoms with Crippen LogP contribution in [0, 0.1) is 0 Å². The molecule has 0 fully saturated rings. The average Bonchev–Trinajstić information content (AvgIpc) is 2.47. The Morgan fingerprint density at radius 2 is 1.86 bits per heavy atom. The Morgan fingerprint density at radius 3 is 2.50 bits per heavy atom. The number of alkyl halides is 2. The largest absolute Gasteiger partial charge is 0.484 e. The third-order valence-corrected chi connectivity index (χ3v) is 2.76. The lowest BCUT2D eigenvalue weighted by atomic mass is 10.3. The van der Waals surface area contributed by atoms with Gasteiger partial charge in [-0.05, 0) is 42.5 Å². The summed E-state index contributed by atoms with van der Waals surface area (Å²) < 4.78 is 33.5. The number of hydrogen-bond acceptors (Lipinski definition) is 3. The van der Waals surface area contributed by atoms with Gasteiger partial charge in [-0.1, -0.05) is 17.7 Å². The van der Waals surface area contributed by atoms with E-state index in [-0.39, 0.29) is 18.3 Å². The Bertz CT molecular complexity index is 635. The van der Waals surface area contributed by atoms with E-state index in [1.807, 2.05) is 0 Å². The summed E-state index contributed by atoms with van der Waals surface area (Å²) in [5, 5.41) is 3.07. The first-order valence-corrected chi connectivity index (χ1v) is 6.64. The van der Waals surface area contributed by atoms with Gasteiger partial charge < -0.3 is 14.8 Å². The molecule has 0 unspecified atom stereocenters. The lowest BCUT2D eigenvalue weighted by molar-refractivity contribution is -0.118. The van der Waals surface area contributed by atoms with Gasteiger partial charge in [0, 0.05) is 10.7 Å². The highest BCUT2D eigenvalue weighted by Crippen LogP contribution is 2.19. The Morgan fingerprint density at radius 1 is 1.14 bits per heavy atom. The van der Waals surface area contributed by atoms with E-state index in [9.17, 15) is 13.6 Å². The molecule has 22 heavy (non-hydrogen) atoms. The van der Waals surface area contributed by atoms with Crippen LogP contribution in [0.25, 0.3) is 0 Å². The van der Waals surface area contributed by atoms with Gasteiger partial charge in [0.1, 0.15) is 11.5 Å². The fourth-order valence-electron chi connectivity index (χ4n) is 1.62. The predicted octanol–water partition coefficient (Wildman–Crippen LogP) is 3.96. The van der Waals surface area contributed by atoms with Crippen LogP contribution >= 0.6 is 11.6 Å². The molecule has 0 bridgehead atoms. The highest BCUT2D eigenvalue weighted by molar-refractivity contribution is 6.30. The van der Waals surface area contributed by atoms with Crippen molar-refractivity contribution in [1.29, 1.82) is 0 Å². The van der Waals surface area contributed by atoms with E-state index >= 15 is 0 Å². The molecule has 2 aromatic rings. The first-order valence-electron chi connectivity index (χ1n) is 6.26. The number of amides is 1. The molecule has 1 N–H and O–H groups in total. The summed E-state index contributed by atoms with van der Waals surface area (Å²) in [5.74, 6) is 0.106. The van der Waals surface area contributed by atoms with E-state index in [1.165, 1.54) is 24.3 Å². The van der Waals surface area contributed by atoms with E-state index in [0.29, 0.717) is 16.5 Å². The molecule has 116 valence electrons. The molecular formula is C15H12ClF2NO3. The maximum Gasteiger partial charge on any atom is 0.387 e. The number of anilines is 1. The van der Waals surface area contributed by atoms with E-state index in [1.54, 1.807) is 24.3 Å². The molecule has 0 aliphatic carbocycles. The number of carbonyl (C=O) groups excluding carboxylic acids is 1. The second-order valence-corrected chi connectivity index (χ2v) is 4.63. The minimum Gasteiger partial charge on any atom is -0.484 e. The molecule has 0 aromatic heterocycles. The second-order valence-electron chi connectivity index (χ2n) is 4.20. The Hall–Kier alpha value is -2.34. The SMILES string of the molecule is O=C(COc1cccc(Cl)c1)Nc1ccc(OC(F)F)cc1. The minimum absolute atomic E-state index is 0.0168. The molecule has 0 atom stereocenters. The Kier molecular flexibility index (Phi) is 5.55. The quantitative estimate of drug-likeness (QED) is 0.873. The molecule has 0 saturated carbocycles. The zero-order valence-electron chi connectivity index (χ0n) is 11.3. The van der Waals surface area contributed by atoms with Crippen molar-refractivity contribution in [2.45, 2.75) is 6.61 Å². The lowest BCUT2D eigenvalue weighted by Gasteiger charge is -2.09. The Labute approximate surface area is 130 Å². The zero-order valence-corrected chi connectivity index (χ0v) is 12.0. The van der Waals surface area contributed by atoms with Gasteiger partial charge in [0.2, 0.25) is 0 Å². The van der Waals surface area contributed by atoms with Crippen LogP contribution in [0.2, 0.25) is 5.02 Å². The monoisotopic (exact) mass is 327 g/mol. The van der Waals surface area contributed by atoms with Gasteiger partial charge in [0.15, 0.2) is 6.61 Å². The van der Waals surface area contributed by atoms with Gasteiger partial charge in [0.25, 0.3) is 5.91 Å². The van der Waals surface area contributed by atoms with Crippen molar-refractivity contribution in [2.24, 2.45) is 0 Å². The summed E-state index contributed by atoms with van der Waals surface area (Å²) in [5.41, 5.74) is 0.446. The van der Waals surface area contributed by atoms with Gasteiger partial charge >= 0.3 is 6.61 Å². The molecule has 7 heteroatoms. The van der Waals surface area contributed by atoms with Crippen molar-refractivity contribution < 1.29 is 23.0 Å². The van der Waals surface area contributed by atoms with Gasteiger partial charge in [-0.3, -0.25) is 4.79 Å². The number of halogens is 3. The molecule has 2 rings (SSSR count). The van der Waals surface area contributed by atoms with E-state index in [2.05, 4.69) is 10.1 Å². The van der Waals surface area contributed by atoms with Crippen LogP contribution < -0.4 is 14.8 Å². The third-order valence-electron chi connectivity index (χ3n) is 2.53. The van der Waals surface area contributed by atoms with Crippen LogP contribution in [0.1, 0.15) is 0 Å². The van der Waals surface area contributed by atoms with Gasteiger partial charge in [-0.25, -0.2) is 0 Å². The summed E-state index contributed by atoms with van der Waals surface area (Å²) in [7, 11) is 0. The molecule has 2 aromatic carbocycles. The molecule has 0 heterocycles. The average molecular weight is 328 g/mol. The predicted molar refractivity (Wildman–Crippen MR) is 78.7 cm³/mol. The number of nitrogens with one attached hydrogen (secondary N) is 1. The van der Waals surface area contributed by atoms with Crippen molar-refractivity contribution in [3.05, 3.63) is 53.6 Å². The van der Waals surface area contributed by atoms with Crippen molar-refractivity contribution in [3.63, 3.8) is 0 Å². The summed E-state index contributed by atoms with van der Waals surface area (Å²) >= 11 is 5.79. The minimum atomic E-state index is -2.88. The highest BCUT2D eigenvalue weighted by atomic mass is 35.5. The van der Waals surface area contributed by atoms with Crippen LogP contribution in [0.3, 0.4) is 0 Å². The van der Waals surface area contributed by atoms with E-state index in [4.69, 9.17) is 16.3 Å². The van der Waals surface area contributed by atoms with Gasteiger partial charge in [0.05, 0.1) is 0 Å². The van der Waals surface area contributed by atoms with Gasteiger partial charge in [-0.2, -0.15) is 8.78 Å². The van der Waals surface area contributed by atoms with Crippen LogP contribution in [0.5, 0.6) is 11.5 Å². The summed E-state index contributed by atoms with van der Waals surface area (Å²) in [6.45, 7) is -3.08. The normalized spacial score (nSPS) is 10.4. The third kappa shape index (κ3) is 5.21. The van der Waals surface area contributed by atoms with Crippen molar-refractivity contribution in [3.8, 4) is 11.5 Å². The number of benzene rings is 2. The summed E-state index contributed by atoms with van der Waals surface area (Å²) in [4.78, 5) is 11.7. The van der Waals surface area contributed by atoms with Crippen LogP contribution in [0.15, 0.2) is 48.5 Å². The fourth-order valence-corrected chi connectivity index (χ4v) is 1.80. The van der Waals surface area contributed by atoms with E-state index in [0.717, 1.165) is 0 Å². The van der Waals surface area contributed by atoms with Gasteiger partial charge in [-0.15, -0.1) is 0 Å². The molecule has 4 nitrogen and oxygen atoms in total. The highest BCUT2D eigenvalue weighted by Gasteiger charge is 2.06. The second kappa shape index (κ2) is 7.61. The number of ether oxygens (including phenoxy) is 2. The molecule has 0 aliphatic heterocycles. The maximum absolute atomic E-state index is 12.0. The van der Waals surface area contributed by atoms with Crippen molar-refractivity contribution >= 4 is 23.2 Å².